The zero-order valence-corrected chi connectivity index (χ0v) is 9.01. The van der Waals surface area contributed by atoms with Gasteiger partial charge in [-0.1, -0.05) is 23.7 Å². The van der Waals surface area contributed by atoms with Gasteiger partial charge in [0.25, 0.3) is 0 Å². The van der Waals surface area contributed by atoms with E-state index < -0.39 is 0 Å². The number of rotatable bonds is 3. The van der Waals surface area contributed by atoms with E-state index in [2.05, 4.69) is 5.32 Å². The van der Waals surface area contributed by atoms with E-state index in [1.54, 1.807) is 0 Å². The third-order valence-electron chi connectivity index (χ3n) is 2.89. The zero-order valence-electron chi connectivity index (χ0n) is 8.26. The molecule has 1 fully saturated rings. The lowest BCUT2D eigenvalue weighted by atomic mass is 9.98. The van der Waals surface area contributed by atoms with Crippen LogP contribution in [-0.2, 0) is 0 Å². The molecule has 0 radical (unpaired) electrons. The molecule has 0 spiro atoms. The van der Waals surface area contributed by atoms with Crippen LogP contribution in [0, 0.1) is 0 Å². The van der Waals surface area contributed by atoms with Crippen LogP contribution >= 0.6 is 11.6 Å². The smallest absolute Gasteiger partial charge is 0.0500 e. The summed E-state index contributed by atoms with van der Waals surface area (Å²) in [5.74, 6) is 0. The van der Waals surface area contributed by atoms with Gasteiger partial charge in [-0.2, -0.15) is 0 Å². The SMILES string of the molecule is CNC(c1ccc(Cl)cc1)C1(N)CC1. The largest absolute Gasteiger partial charge is 0.323 e. The minimum Gasteiger partial charge on any atom is -0.323 e. The standard InChI is InChI=1S/C11H15ClN2/c1-14-10(11(13)6-7-11)8-2-4-9(12)5-3-8/h2-5,10,14H,6-7,13H2,1H3. The van der Waals surface area contributed by atoms with E-state index in [4.69, 9.17) is 17.3 Å². The summed E-state index contributed by atoms with van der Waals surface area (Å²) in [5.41, 5.74) is 7.36. The first-order valence-corrected chi connectivity index (χ1v) is 5.25. The third-order valence-corrected chi connectivity index (χ3v) is 3.15. The van der Waals surface area contributed by atoms with Crippen molar-refractivity contribution in [2.24, 2.45) is 5.73 Å². The number of halogens is 1. The van der Waals surface area contributed by atoms with Crippen LogP contribution < -0.4 is 11.1 Å². The summed E-state index contributed by atoms with van der Waals surface area (Å²) in [6, 6.07) is 8.15. The average Bonchev–Trinajstić information content (AvgIpc) is 2.89. The molecule has 1 aliphatic rings. The van der Waals surface area contributed by atoms with E-state index in [-0.39, 0.29) is 11.6 Å². The molecule has 1 saturated carbocycles. The van der Waals surface area contributed by atoms with Crippen molar-refractivity contribution in [1.82, 2.24) is 5.32 Å². The Morgan fingerprint density at radius 2 is 1.93 bits per heavy atom. The quantitative estimate of drug-likeness (QED) is 0.802. The molecule has 1 aromatic carbocycles. The molecular weight excluding hydrogens is 196 g/mol. The summed E-state index contributed by atoms with van der Waals surface area (Å²) < 4.78 is 0. The van der Waals surface area contributed by atoms with Crippen LogP contribution in [-0.4, -0.2) is 12.6 Å². The van der Waals surface area contributed by atoms with E-state index in [1.165, 1.54) is 5.56 Å². The molecule has 0 aromatic heterocycles. The molecule has 2 rings (SSSR count). The minimum atomic E-state index is -0.0391. The highest BCUT2D eigenvalue weighted by atomic mass is 35.5. The second-order valence-corrected chi connectivity index (χ2v) is 4.44. The van der Waals surface area contributed by atoms with Gasteiger partial charge in [0, 0.05) is 10.6 Å². The number of benzene rings is 1. The van der Waals surface area contributed by atoms with Gasteiger partial charge in [-0.05, 0) is 37.6 Å². The first-order chi connectivity index (χ1) is 6.65. The van der Waals surface area contributed by atoms with E-state index in [9.17, 15) is 0 Å². The first kappa shape index (κ1) is 9.97. The fourth-order valence-corrected chi connectivity index (χ4v) is 2.00. The molecule has 0 saturated heterocycles. The summed E-state index contributed by atoms with van der Waals surface area (Å²) in [5, 5.41) is 4.04. The van der Waals surface area contributed by atoms with Crippen molar-refractivity contribution in [3.63, 3.8) is 0 Å². The molecule has 0 heterocycles. The Morgan fingerprint density at radius 3 is 2.36 bits per heavy atom. The molecule has 1 atom stereocenters. The maximum Gasteiger partial charge on any atom is 0.0500 e. The molecule has 1 unspecified atom stereocenters. The lowest BCUT2D eigenvalue weighted by Crippen LogP contribution is -2.38. The number of hydrogen-bond acceptors (Lipinski definition) is 2. The zero-order chi connectivity index (χ0) is 10.2. The minimum absolute atomic E-state index is 0.0391. The molecule has 0 aliphatic heterocycles. The highest BCUT2D eigenvalue weighted by Gasteiger charge is 2.45. The predicted molar refractivity (Wildman–Crippen MR) is 59.4 cm³/mol. The monoisotopic (exact) mass is 210 g/mol. The number of nitrogens with one attached hydrogen (secondary N) is 1. The van der Waals surface area contributed by atoms with Crippen molar-refractivity contribution in [3.8, 4) is 0 Å². The highest BCUT2D eigenvalue weighted by Crippen LogP contribution is 2.43. The summed E-state index contributed by atoms with van der Waals surface area (Å²) in [4.78, 5) is 0. The van der Waals surface area contributed by atoms with Crippen molar-refractivity contribution in [2.75, 3.05) is 7.05 Å². The number of nitrogens with two attached hydrogens (primary N) is 1. The van der Waals surface area contributed by atoms with Crippen LogP contribution in [0.3, 0.4) is 0 Å². The van der Waals surface area contributed by atoms with Gasteiger partial charge in [0.05, 0.1) is 6.04 Å². The van der Waals surface area contributed by atoms with Crippen LogP contribution in [0.25, 0.3) is 0 Å². The summed E-state index contributed by atoms with van der Waals surface area (Å²) in [7, 11) is 1.95. The van der Waals surface area contributed by atoms with E-state index in [1.807, 2.05) is 31.3 Å². The Labute approximate surface area is 89.4 Å². The molecule has 76 valence electrons. The lowest BCUT2D eigenvalue weighted by molar-refractivity contribution is 0.461. The van der Waals surface area contributed by atoms with Crippen molar-refractivity contribution in [3.05, 3.63) is 34.9 Å². The van der Waals surface area contributed by atoms with Crippen LogP contribution in [0.5, 0.6) is 0 Å². The highest BCUT2D eigenvalue weighted by molar-refractivity contribution is 6.30. The van der Waals surface area contributed by atoms with Crippen LogP contribution in [0.4, 0.5) is 0 Å². The summed E-state index contributed by atoms with van der Waals surface area (Å²) in [6.45, 7) is 0. The Bertz CT molecular complexity index is 317. The van der Waals surface area contributed by atoms with Crippen molar-refractivity contribution >= 4 is 11.6 Å². The molecule has 1 aromatic rings. The van der Waals surface area contributed by atoms with Crippen LogP contribution in [0.1, 0.15) is 24.4 Å². The van der Waals surface area contributed by atoms with E-state index >= 15 is 0 Å². The van der Waals surface area contributed by atoms with Gasteiger partial charge < -0.3 is 11.1 Å². The molecule has 2 nitrogen and oxygen atoms in total. The second kappa shape index (κ2) is 3.54. The van der Waals surface area contributed by atoms with Gasteiger partial charge in [0.1, 0.15) is 0 Å². The number of likely N-dealkylation sites (N-methyl/N-ethyl adjacent to an activating group) is 1. The molecular formula is C11H15ClN2. The molecule has 14 heavy (non-hydrogen) atoms. The molecule has 3 heteroatoms. The van der Waals surface area contributed by atoms with E-state index in [0.29, 0.717) is 0 Å². The summed E-state index contributed by atoms with van der Waals surface area (Å²) >= 11 is 5.84. The molecule has 0 bridgehead atoms. The Morgan fingerprint density at radius 1 is 1.36 bits per heavy atom. The first-order valence-electron chi connectivity index (χ1n) is 4.87. The third kappa shape index (κ3) is 1.78. The van der Waals surface area contributed by atoms with Crippen molar-refractivity contribution in [1.29, 1.82) is 0 Å². The average molecular weight is 211 g/mol. The maximum atomic E-state index is 6.18. The van der Waals surface area contributed by atoms with Crippen molar-refractivity contribution < 1.29 is 0 Å². The fourth-order valence-electron chi connectivity index (χ4n) is 1.87. The van der Waals surface area contributed by atoms with E-state index in [0.717, 1.165) is 17.9 Å². The molecule has 3 N–H and O–H groups in total. The van der Waals surface area contributed by atoms with Gasteiger partial charge in [-0.15, -0.1) is 0 Å². The van der Waals surface area contributed by atoms with Gasteiger partial charge >= 0.3 is 0 Å². The fraction of sp³-hybridized carbons (Fsp3) is 0.455. The maximum absolute atomic E-state index is 6.18. The van der Waals surface area contributed by atoms with Crippen LogP contribution in [0.2, 0.25) is 5.02 Å². The lowest BCUT2D eigenvalue weighted by Gasteiger charge is -2.23. The molecule has 0 amide bonds. The Kier molecular flexibility index (Phi) is 2.52. The topological polar surface area (TPSA) is 38.0 Å². The van der Waals surface area contributed by atoms with Crippen molar-refractivity contribution in [2.45, 2.75) is 24.4 Å². The second-order valence-electron chi connectivity index (χ2n) is 4.01. The predicted octanol–water partition coefficient (Wildman–Crippen LogP) is 2.09. The molecule has 1 aliphatic carbocycles. The summed E-state index contributed by atoms with van der Waals surface area (Å²) in [6.07, 6.45) is 2.20. The Hall–Kier alpha value is -0.570. The van der Waals surface area contributed by atoms with Gasteiger partial charge in [-0.3, -0.25) is 0 Å². The van der Waals surface area contributed by atoms with Gasteiger partial charge in [-0.25, -0.2) is 0 Å². The Balaban J connectivity index is 2.23. The number of hydrogen-bond donors (Lipinski definition) is 2. The van der Waals surface area contributed by atoms with Gasteiger partial charge in [0.2, 0.25) is 0 Å². The normalized spacial score (nSPS) is 20.5. The van der Waals surface area contributed by atoms with Crippen LogP contribution in [0.15, 0.2) is 24.3 Å². The van der Waals surface area contributed by atoms with Gasteiger partial charge in [0.15, 0.2) is 0 Å².